The quantitative estimate of drug-likeness (QED) is 0.587. The molecular weight excluding hydrogens is 454 g/mol. The molecule has 36 heavy (non-hydrogen) atoms. The standard InChI is InChI=1S/C29H39N3O4/c1-16(2)19-10-12-20(13-11-19)30-26(33)23-22-14-15-29(36-22)24(23)28(35)32(17(3)4)25(29)27(34)31-21-9-7-6-8-18(21)5/h10-18,21-25H,6-9H2,1-5H3,(H,30,33)(H,31,34). The van der Waals surface area contributed by atoms with Crippen LogP contribution in [0.2, 0.25) is 0 Å². The number of amides is 3. The fourth-order valence-corrected chi connectivity index (χ4v) is 6.73. The molecule has 3 amide bonds. The number of hydrogen-bond donors (Lipinski definition) is 2. The molecule has 1 aromatic carbocycles. The molecule has 3 heterocycles. The zero-order valence-corrected chi connectivity index (χ0v) is 22.0. The summed E-state index contributed by atoms with van der Waals surface area (Å²) in [5.74, 6) is -1.19. The Morgan fingerprint density at radius 3 is 2.39 bits per heavy atom. The molecule has 1 aromatic rings. The highest BCUT2D eigenvalue weighted by atomic mass is 16.5. The number of carbonyl (C=O) groups excluding carboxylic acids is 3. The van der Waals surface area contributed by atoms with Gasteiger partial charge in [0.1, 0.15) is 11.6 Å². The number of ether oxygens (including phenoxy) is 1. The Balaban J connectivity index is 1.40. The van der Waals surface area contributed by atoms with Crippen molar-refractivity contribution >= 4 is 23.4 Å². The van der Waals surface area contributed by atoms with Crippen molar-refractivity contribution < 1.29 is 19.1 Å². The van der Waals surface area contributed by atoms with Crippen molar-refractivity contribution in [2.75, 3.05) is 5.32 Å². The minimum absolute atomic E-state index is 0.0984. The van der Waals surface area contributed by atoms with E-state index in [1.54, 1.807) is 4.90 Å². The van der Waals surface area contributed by atoms with Crippen molar-refractivity contribution in [3.63, 3.8) is 0 Å². The van der Waals surface area contributed by atoms with Crippen LogP contribution in [-0.2, 0) is 19.1 Å². The summed E-state index contributed by atoms with van der Waals surface area (Å²) in [5, 5.41) is 6.26. The lowest BCUT2D eigenvalue weighted by Crippen LogP contribution is -2.58. The van der Waals surface area contributed by atoms with Crippen LogP contribution in [0.5, 0.6) is 0 Å². The maximum absolute atomic E-state index is 13.8. The molecule has 2 N–H and O–H groups in total. The summed E-state index contributed by atoms with van der Waals surface area (Å²) >= 11 is 0. The van der Waals surface area contributed by atoms with E-state index >= 15 is 0 Å². The van der Waals surface area contributed by atoms with E-state index in [1.165, 1.54) is 12.0 Å². The van der Waals surface area contributed by atoms with Crippen molar-refractivity contribution in [3.8, 4) is 0 Å². The molecule has 0 radical (unpaired) electrons. The molecular formula is C29H39N3O4. The first-order chi connectivity index (χ1) is 17.1. The van der Waals surface area contributed by atoms with Gasteiger partial charge >= 0.3 is 0 Å². The Morgan fingerprint density at radius 2 is 1.75 bits per heavy atom. The molecule has 7 heteroatoms. The number of nitrogens with zero attached hydrogens (tertiary/aromatic N) is 1. The van der Waals surface area contributed by atoms with Gasteiger partial charge in [0.2, 0.25) is 17.7 Å². The molecule has 5 rings (SSSR count). The van der Waals surface area contributed by atoms with Gasteiger partial charge in [0, 0.05) is 17.8 Å². The molecule has 4 aliphatic rings. The molecule has 7 atom stereocenters. The number of nitrogens with one attached hydrogen (secondary N) is 2. The van der Waals surface area contributed by atoms with Crippen LogP contribution < -0.4 is 10.6 Å². The van der Waals surface area contributed by atoms with Crippen LogP contribution in [0.3, 0.4) is 0 Å². The van der Waals surface area contributed by atoms with Gasteiger partial charge in [0.15, 0.2) is 0 Å². The molecule has 7 nitrogen and oxygen atoms in total. The van der Waals surface area contributed by atoms with Crippen LogP contribution in [0.1, 0.15) is 71.8 Å². The van der Waals surface area contributed by atoms with Crippen LogP contribution >= 0.6 is 0 Å². The van der Waals surface area contributed by atoms with Crippen molar-refractivity contribution in [1.29, 1.82) is 0 Å². The number of rotatable bonds is 6. The zero-order valence-electron chi connectivity index (χ0n) is 22.0. The lowest BCUT2D eigenvalue weighted by Gasteiger charge is -2.37. The third-order valence-corrected chi connectivity index (χ3v) is 8.70. The Labute approximate surface area is 214 Å². The van der Waals surface area contributed by atoms with Crippen LogP contribution in [0, 0.1) is 17.8 Å². The molecule has 194 valence electrons. The second-order valence-corrected chi connectivity index (χ2v) is 11.7. The van der Waals surface area contributed by atoms with Gasteiger partial charge in [-0.05, 0) is 56.2 Å². The summed E-state index contributed by atoms with van der Waals surface area (Å²) in [4.78, 5) is 42.8. The molecule has 0 aromatic heterocycles. The highest BCUT2D eigenvalue weighted by molar-refractivity contribution is 6.02. The van der Waals surface area contributed by atoms with E-state index in [9.17, 15) is 14.4 Å². The van der Waals surface area contributed by atoms with Gasteiger partial charge in [0.25, 0.3) is 0 Å². The highest BCUT2D eigenvalue weighted by Gasteiger charge is 2.73. The predicted molar refractivity (Wildman–Crippen MR) is 138 cm³/mol. The topological polar surface area (TPSA) is 87.7 Å². The fraction of sp³-hybridized carbons (Fsp3) is 0.621. The summed E-state index contributed by atoms with van der Waals surface area (Å²) in [6.07, 6.45) is 7.54. The Morgan fingerprint density at radius 1 is 1.06 bits per heavy atom. The molecule has 7 unspecified atom stereocenters. The third-order valence-electron chi connectivity index (χ3n) is 8.70. The van der Waals surface area contributed by atoms with E-state index < -0.39 is 29.6 Å². The van der Waals surface area contributed by atoms with Gasteiger partial charge in [-0.2, -0.15) is 0 Å². The summed E-state index contributed by atoms with van der Waals surface area (Å²) in [5.41, 5.74) is 0.770. The summed E-state index contributed by atoms with van der Waals surface area (Å²) < 4.78 is 6.41. The molecule has 3 aliphatic heterocycles. The Hall–Kier alpha value is -2.67. The molecule has 1 spiro atoms. The number of anilines is 1. The van der Waals surface area contributed by atoms with Crippen LogP contribution in [0.15, 0.2) is 36.4 Å². The molecule has 2 saturated heterocycles. The van der Waals surface area contributed by atoms with Crippen molar-refractivity contribution in [3.05, 3.63) is 42.0 Å². The monoisotopic (exact) mass is 493 g/mol. The van der Waals surface area contributed by atoms with Crippen molar-refractivity contribution in [1.82, 2.24) is 10.2 Å². The van der Waals surface area contributed by atoms with Crippen LogP contribution in [0.4, 0.5) is 5.69 Å². The first-order valence-electron chi connectivity index (χ1n) is 13.5. The minimum Gasteiger partial charge on any atom is -0.359 e. The van der Waals surface area contributed by atoms with E-state index in [-0.39, 0.29) is 29.8 Å². The van der Waals surface area contributed by atoms with E-state index in [2.05, 4.69) is 31.4 Å². The predicted octanol–water partition coefficient (Wildman–Crippen LogP) is 4.00. The zero-order chi connectivity index (χ0) is 25.8. The normalized spacial score (nSPS) is 35.0. The maximum Gasteiger partial charge on any atom is 0.246 e. The van der Waals surface area contributed by atoms with E-state index in [0.717, 1.165) is 19.3 Å². The number of hydrogen-bond acceptors (Lipinski definition) is 4. The third kappa shape index (κ3) is 3.96. The lowest BCUT2D eigenvalue weighted by molar-refractivity contribution is -0.143. The summed E-state index contributed by atoms with van der Waals surface area (Å²) in [7, 11) is 0. The molecule has 1 saturated carbocycles. The molecule has 2 bridgehead atoms. The lowest BCUT2D eigenvalue weighted by atomic mass is 9.74. The van der Waals surface area contributed by atoms with Gasteiger partial charge in [-0.15, -0.1) is 0 Å². The first-order valence-corrected chi connectivity index (χ1v) is 13.5. The molecule has 1 aliphatic carbocycles. The van der Waals surface area contributed by atoms with E-state index in [1.807, 2.05) is 50.3 Å². The second-order valence-electron chi connectivity index (χ2n) is 11.7. The van der Waals surface area contributed by atoms with Crippen molar-refractivity contribution in [2.24, 2.45) is 17.8 Å². The van der Waals surface area contributed by atoms with E-state index in [0.29, 0.717) is 17.5 Å². The van der Waals surface area contributed by atoms with Gasteiger partial charge in [-0.3, -0.25) is 14.4 Å². The van der Waals surface area contributed by atoms with Gasteiger partial charge in [-0.25, -0.2) is 0 Å². The Kier molecular flexibility index (Phi) is 6.48. The fourth-order valence-electron chi connectivity index (χ4n) is 6.73. The Bertz CT molecular complexity index is 1060. The SMILES string of the molecule is CC(C)c1ccc(NC(=O)C2C3C=CC4(O3)C2C(=O)N(C(C)C)C4C(=O)NC2CCCCC2C)cc1. The average Bonchev–Trinajstić information content (AvgIpc) is 3.48. The van der Waals surface area contributed by atoms with E-state index in [4.69, 9.17) is 4.74 Å². The van der Waals surface area contributed by atoms with Crippen LogP contribution in [-0.4, -0.2) is 52.5 Å². The molecule has 3 fully saturated rings. The maximum atomic E-state index is 13.8. The minimum atomic E-state index is -1.11. The summed E-state index contributed by atoms with van der Waals surface area (Å²) in [6.45, 7) is 10.3. The van der Waals surface area contributed by atoms with Gasteiger partial charge in [0.05, 0.1) is 17.9 Å². The highest BCUT2D eigenvalue weighted by Crippen LogP contribution is 2.55. The number of benzene rings is 1. The van der Waals surface area contributed by atoms with Crippen LogP contribution in [0.25, 0.3) is 0 Å². The number of fused-ring (bicyclic) bond motifs is 1. The van der Waals surface area contributed by atoms with Gasteiger partial charge < -0.3 is 20.3 Å². The van der Waals surface area contributed by atoms with Gasteiger partial charge in [-0.1, -0.05) is 57.9 Å². The number of carbonyl (C=O) groups is 3. The second kappa shape index (κ2) is 9.33. The average molecular weight is 494 g/mol. The van der Waals surface area contributed by atoms with Crippen molar-refractivity contribution in [2.45, 2.75) is 96.1 Å². The smallest absolute Gasteiger partial charge is 0.246 e. The number of likely N-dealkylation sites (tertiary alicyclic amines) is 1. The summed E-state index contributed by atoms with van der Waals surface area (Å²) in [6, 6.07) is 6.92. The first kappa shape index (κ1) is 25.0. The largest absolute Gasteiger partial charge is 0.359 e.